The summed E-state index contributed by atoms with van der Waals surface area (Å²) in [5, 5.41) is 8.00. The lowest BCUT2D eigenvalue weighted by molar-refractivity contribution is -0.151. The molecule has 0 saturated carbocycles. The number of hydrogen-bond donors (Lipinski definition) is 3. The van der Waals surface area contributed by atoms with Crippen molar-refractivity contribution in [3.8, 4) is 0 Å². The molecule has 3 N–H and O–H groups in total. The fourth-order valence-corrected chi connectivity index (χ4v) is 2.02. The number of carbonyl (C=O) groups excluding carboxylic acids is 3. The molecule has 0 saturated heterocycles. The number of carbonyl (C=O) groups is 3. The fraction of sp³-hybridized carbons (Fsp3) is 0.526. The van der Waals surface area contributed by atoms with Gasteiger partial charge in [0.1, 0.15) is 6.04 Å². The van der Waals surface area contributed by atoms with E-state index in [1.54, 1.807) is 38.1 Å². The molecule has 0 heterocycles. The molecule has 0 radical (unpaired) electrons. The summed E-state index contributed by atoms with van der Waals surface area (Å²) in [5.74, 6) is -0.922. The van der Waals surface area contributed by atoms with E-state index in [0.29, 0.717) is 5.69 Å². The average Bonchev–Trinajstić information content (AvgIpc) is 2.58. The molecule has 26 heavy (non-hydrogen) atoms. The highest BCUT2D eigenvalue weighted by atomic mass is 16.5. The van der Waals surface area contributed by atoms with Crippen molar-refractivity contribution >= 4 is 23.6 Å². The van der Waals surface area contributed by atoms with E-state index in [4.69, 9.17) is 4.74 Å². The molecule has 3 amide bonds. The average molecular weight is 363 g/mol. The lowest BCUT2D eigenvalue weighted by Crippen LogP contribution is -2.48. The molecule has 1 aromatic rings. The van der Waals surface area contributed by atoms with Crippen LogP contribution in [0.4, 0.5) is 10.5 Å². The van der Waals surface area contributed by atoms with Crippen LogP contribution in [0.1, 0.15) is 34.6 Å². The van der Waals surface area contributed by atoms with E-state index in [0.717, 1.165) is 0 Å². The number of benzene rings is 1. The van der Waals surface area contributed by atoms with Crippen LogP contribution in [-0.4, -0.2) is 36.6 Å². The van der Waals surface area contributed by atoms with Crippen molar-refractivity contribution in [1.29, 1.82) is 0 Å². The smallest absolute Gasteiger partial charge is 0.329 e. The number of amides is 3. The Labute approximate surface area is 154 Å². The third-order valence-electron chi connectivity index (χ3n) is 3.97. The van der Waals surface area contributed by atoms with Crippen molar-refractivity contribution in [2.75, 3.05) is 11.9 Å². The fourth-order valence-electron chi connectivity index (χ4n) is 2.02. The second-order valence-electron chi connectivity index (χ2n) is 6.89. The molecular weight excluding hydrogens is 334 g/mol. The van der Waals surface area contributed by atoms with E-state index in [9.17, 15) is 14.4 Å². The van der Waals surface area contributed by atoms with Crippen LogP contribution in [0, 0.1) is 11.8 Å². The van der Waals surface area contributed by atoms with Crippen molar-refractivity contribution in [2.24, 2.45) is 11.8 Å². The predicted octanol–water partition coefficient (Wildman–Crippen LogP) is 2.54. The number of para-hydroxylation sites is 1. The summed E-state index contributed by atoms with van der Waals surface area (Å²) >= 11 is 0. The zero-order valence-electron chi connectivity index (χ0n) is 16.0. The zero-order valence-corrected chi connectivity index (χ0v) is 16.0. The van der Waals surface area contributed by atoms with Gasteiger partial charge in [0.15, 0.2) is 6.61 Å². The molecule has 0 aliphatic rings. The summed E-state index contributed by atoms with van der Waals surface area (Å²) in [4.78, 5) is 36.2. The van der Waals surface area contributed by atoms with Crippen molar-refractivity contribution in [3.63, 3.8) is 0 Å². The summed E-state index contributed by atoms with van der Waals surface area (Å²) in [6.07, 6.45) is 0. The quantitative estimate of drug-likeness (QED) is 0.618. The molecule has 0 fully saturated rings. The number of esters is 1. The van der Waals surface area contributed by atoms with Gasteiger partial charge in [-0.1, -0.05) is 45.9 Å². The summed E-state index contributed by atoms with van der Waals surface area (Å²) in [6, 6.07) is 7.52. The highest BCUT2D eigenvalue weighted by Crippen LogP contribution is 2.08. The number of urea groups is 1. The lowest BCUT2D eigenvalue weighted by atomic mass is 10.1. The van der Waals surface area contributed by atoms with Gasteiger partial charge in [-0.15, -0.1) is 0 Å². The molecule has 0 spiro atoms. The van der Waals surface area contributed by atoms with Gasteiger partial charge in [-0.3, -0.25) is 4.79 Å². The molecule has 0 unspecified atom stereocenters. The van der Waals surface area contributed by atoms with Gasteiger partial charge in [-0.2, -0.15) is 0 Å². The van der Waals surface area contributed by atoms with E-state index < -0.39 is 18.0 Å². The molecular formula is C19H29N3O4. The number of nitrogens with one attached hydrogen (secondary N) is 3. The summed E-state index contributed by atoms with van der Waals surface area (Å²) in [5.41, 5.74) is 0.614. The van der Waals surface area contributed by atoms with Gasteiger partial charge in [0.2, 0.25) is 0 Å². The van der Waals surface area contributed by atoms with Gasteiger partial charge >= 0.3 is 12.0 Å². The minimum absolute atomic E-state index is 0.0168. The Balaban J connectivity index is 2.53. The van der Waals surface area contributed by atoms with Crippen LogP contribution in [-0.2, 0) is 14.3 Å². The molecule has 144 valence electrons. The summed E-state index contributed by atoms with van der Waals surface area (Å²) in [7, 11) is 0. The van der Waals surface area contributed by atoms with Crippen molar-refractivity contribution in [3.05, 3.63) is 30.3 Å². The topological polar surface area (TPSA) is 96.5 Å². The van der Waals surface area contributed by atoms with Crippen LogP contribution in [0.15, 0.2) is 30.3 Å². The Hall–Kier alpha value is -2.57. The largest absolute Gasteiger partial charge is 0.454 e. The third-order valence-corrected chi connectivity index (χ3v) is 3.97. The van der Waals surface area contributed by atoms with E-state index in [2.05, 4.69) is 16.0 Å². The third kappa shape index (κ3) is 7.55. The normalized spacial score (nSPS) is 13.0. The van der Waals surface area contributed by atoms with Crippen molar-refractivity contribution < 1.29 is 19.1 Å². The van der Waals surface area contributed by atoms with Gasteiger partial charge in [-0.25, -0.2) is 9.59 Å². The molecule has 1 rings (SSSR count). The van der Waals surface area contributed by atoms with E-state index in [1.165, 1.54) is 0 Å². The maximum absolute atomic E-state index is 12.3. The van der Waals surface area contributed by atoms with Crippen molar-refractivity contribution in [2.45, 2.75) is 46.7 Å². The Kier molecular flexibility index (Phi) is 8.61. The Bertz CT molecular complexity index is 602. The molecule has 1 aromatic carbocycles. The van der Waals surface area contributed by atoms with Crippen LogP contribution in [0.5, 0.6) is 0 Å². The number of anilines is 1. The Morgan fingerprint density at radius 2 is 1.54 bits per heavy atom. The van der Waals surface area contributed by atoms with Crippen LogP contribution < -0.4 is 16.0 Å². The van der Waals surface area contributed by atoms with E-state index in [1.807, 2.05) is 26.8 Å². The maximum atomic E-state index is 12.3. The lowest BCUT2D eigenvalue weighted by Gasteiger charge is -2.22. The van der Waals surface area contributed by atoms with Gasteiger partial charge in [0, 0.05) is 11.7 Å². The van der Waals surface area contributed by atoms with Crippen LogP contribution in [0.2, 0.25) is 0 Å². The van der Waals surface area contributed by atoms with Crippen LogP contribution >= 0.6 is 0 Å². The Morgan fingerprint density at radius 3 is 2.08 bits per heavy atom. The second kappa shape index (κ2) is 10.4. The first-order chi connectivity index (χ1) is 12.2. The molecule has 7 heteroatoms. The molecule has 0 aliphatic heterocycles. The number of rotatable bonds is 8. The Morgan fingerprint density at radius 1 is 0.923 bits per heavy atom. The highest BCUT2D eigenvalue weighted by Gasteiger charge is 2.26. The van der Waals surface area contributed by atoms with Gasteiger partial charge in [0.25, 0.3) is 5.91 Å². The van der Waals surface area contributed by atoms with Gasteiger partial charge in [0.05, 0.1) is 0 Å². The minimum atomic E-state index is -0.853. The van der Waals surface area contributed by atoms with Crippen LogP contribution in [0.3, 0.4) is 0 Å². The van der Waals surface area contributed by atoms with Gasteiger partial charge < -0.3 is 20.7 Å². The highest BCUT2D eigenvalue weighted by molar-refractivity contribution is 5.93. The predicted molar refractivity (Wildman–Crippen MR) is 101 cm³/mol. The second-order valence-corrected chi connectivity index (χ2v) is 6.89. The first-order valence-corrected chi connectivity index (χ1v) is 8.79. The maximum Gasteiger partial charge on any atom is 0.329 e. The monoisotopic (exact) mass is 363 g/mol. The molecule has 0 aliphatic carbocycles. The van der Waals surface area contributed by atoms with E-state index >= 15 is 0 Å². The number of ether oxygens (including phenoxy) is 1. The molecule has 2 atom stereocenters. The summed E-state index contributed by atoms with van der Waals surface area (Å²) in [6.45, 7) is 9.06. The molecule has 0 aromatic heterocycles. The van der Waals surface area contributed by atoms with Crippen molar-refractivity contribution in [1.82, 2.24) is 10.6 Å². The zero-order chi connectivity index (χ0) is 19.7. The van der Waals surface area contributed by atoms with Gasteiger partial charge in [-0.05, 0) is 30.9 Å². The summed E-state index contributed by atoms with van der Waals surface area (Å²) < 4.78 is 5.07. The molecule has 7 nitrogen and oxygen atoms in total. The minimum Gasteiger partial charge on any atom is -0.454 e. The first-order valence-electron chi connectivity index (χ1n) is 8.79. The first kappa shape index (κ1) is 21.5. The standard InChI is InChI=1S/C19H29N3O4/c1-12(2)14(5)20-16(23)11-26-18(24)17(13(3)4)22-19(25)21-15-9-7-6-8-10-15/h6-10,12-14,17H,11H2,1-5H3,(H,20,23)(H2,21,22,25)/t14-,17+/m1/s1. The SMILES string of the molecule is CC(C)[C@H](NC(=O)Nc1ccccc1)C(=O)OCC(=O)N[C@H](C)C(C)C. The van der Waals surface area contributed by atoms with E-state index in [-0.39, 0.29) is 30.4 Å². The van der Waals surface area contributed by atoms with Crippen LogP contribution in [0.25, 0.3) is 0 Å². The molecule has 0 bridgehead atoms. The number of hydrogen-bond acceptors (Lipinski definition) is 4.